The molecule has 0 aliphatic carbocycles. The van der Waals surface area contributed by atoms with Crippen LogP contribution in [0.25, 0.3) is 0 Å². The largest absolute Gasteiger partial charge is 0.378 e. The van der Waals surface area contributed by atoms with Gasteiger partial charge in [0.2, 0.25) is 0 Å². The minimum atomic E-state index is -0.270. The molecule has 0 spiro atoms. The predicted octanol–water partition coefficient (Wildman–Crippen LogP) is 0.216. The minimum Gasteiger partial charge on any atom is -0.378 e. The third-order valence-electron chi connectivity index (χ3n) is 1.61. The van der Waals surface area contributed by atoms with Crippen molar-refractivity contribution in [2.75, 3.05) is 33.4 Å². The number of aldehydes is 1. The van der Waals surface area contributed by atoms with E-state index in [1.165, 1.54) is 0 Å². The lowest BCUT2D eigenvalue weighted by Crippen LogP contribution is -2.19. The van der Waals surface area contributed by atoms with Gasteiger partial charge in [-0.15, -0.1) is 0 Å². The molecule has 0 rings (SSSR count). The molecule has 0 radical (unpaired) electrons. The second-order valence-corrected chi connectivity index (χ2v) is 2.67. The molecule has 1 atom stereocenters. The predicted molar refractivity (Wildman–Crippen MR) is 50.8 cm³/mol. The first-order chi connectivity index (χ1) is 6.35. The lowest BCUT2D eigenvalue weighted by molar-refractivity contribution is -0.119. The average molecular weight is 189 g/mol. The van der Waals surface area contributed by atoms with Crippen LogP contribution in [0.3, 0.4) is 0 Å². The summed E-state index contributed by atoms with van der Waals surface area (Å²) in [5.74, 6) is 0. The summed E-state index contributed by atoms with van der Waals surface area (Å²) in [5, 5.41) is 2.97. The Bertz CT molecular complexity index is 119. The zero-order chi connectivity index (χ0) is 9.94. The van der Waals surface area contributed by atoms with Crippen molar-refractivity contribution in [2.24, 2.45) is 0 Å². The second kappa shape index (κ2) is 9.64. The average Bonchev–Trinajstić information content (AvgIpc) is 2.17. The number of carbonyl (C=O) groups excluding carboxylic acids is 1. The highest BCUT2D eigenvalue weighted by atomic mass is 16.5. The third kappa shape index (κ3) is 7.90. The van der Waals surface area contributed by atoms with Crippen molar-refractivity contribution in [3.8, 4) is 0 Å². The number of hydrogen-bond donors (Lipinski definition) is 1. The number of ether oxygens (including phenoxy) is 2. The van der Waals surface area contributed by atoms with E-state index < -0.39 is 0 Å². The highest BCUT2D eigenvalue weighted by Crippen LogP contribution is 1.92. The van der Waals surface area contributed by atoms with Gasteiger partial charge in [-0.25, -0.2) is 0 Å². The summed E-state index contributed by atoms with van der Waals surface area (Å²) in [6, 6.07) is 0. The molecule has 0 saturated carbocycles. The van der Waals surface area contributed by atoms with Crippen LogP contribution >= 0.6 is 0 Å². The molecule has 0 heterocycles. The lowest BCUT2D eigenvalue weighted by Gasteiger charge is -2.09. The van der Waals surface area contributed by atoms with Crippen molar-refractivity contribution < 1.29 is 14.3 Å². The summed E-state index contributed by atoms with van der Waals surface area (Å²) in [6.07, 6.45) is 1.28. The van der Waals surface area contributed by atoms with Gasteiger partial charge in [-0.1, -0.05) is 6.92 Å². The Balaban J connectivity index is 3.10. The third-order valence-corrected chi connectivity index (χ3v) is 1.61. The molecule has 0 aliphatic rings. The van der Waals surface area contributed by atoms with Gasteiger partial charge in [0.1, 0.15) is 12.4 Å². The molecule has 1 unspecified atom stereocenters. The molecule has 0 aliphatic heterocycles. The van der Waals surface area contributed by atoms with Gasteiger partial charge in [-0.05, 0) is 13.5 Å². The molecular weight excluding hydrogens is 170 g/mol. The summed E-state index contributed by atoms with van der Waals surface area (Å²) in [6.45, 7) is 4.47. The van der Waals surface area contributed by atoms with Crippen LogP contribution in [0.15, 0.2) is 0 Å². The molecule has 0 aromatic heterocycles. The molecule has 0 bridgehead atoms. The van der Waals surface area contributed by atoms with E-state index in [9.17, 15) is 4.79 Å². The van der Waals surface area contributed by atoms with Crippen LogP contribution in [0.4, 0.5) is 0 Å². The number of likely N-dealkylation sites (N-methyl/N-ethyl adjacent to an activating group) is 1. The summed E-state index contributed by atoms with van der Waals surface area (Å²) < 4.78 is 10.4. The van der Waals surface area contributed by atoms with Crippen molar-refractivity contribution >= 4 is 6.29 Å². The fraction of sp³-hybridized carbons (Fsp3) is 0.889. The molecule has 1 N–H and O–H groups in total. The second-order valence-electron chi connectivity index (χ2n) is 2.67. The van der Waals surface area contributed by atoms with Crippen LogP contribution in [0.5, 0.6) is 0 Å². The Morgan fingerprint density at radius 1 is 1.38 bits per heavy atom. The maximum Gasteiger partial charge on any atom is 0.148 e. The van der Waals surface area contributed by atoms with Gasteiger partial charge in [0.05, 0.1) is 19.8 Å². The Morgan fingerprint density at radius 3 is 2.69 bits per heavy atom. The molecule has 0 fully saturated rings. The van der Waals surface area contributed by atoms with Crippen LogP contribution in [0, 0.1) is 0 Å². The molecule has 78 valence electrons. The Labute approximate surface area is 79.6 Å². The monoisotopic (exact) mass is 189 g/mol. The molecule has 4 heteroatoms. The minimum absolute atomic E-state index is 0.270. The van der Waals surface area contributed by atoms with Crippen LogP contribution in [-0.4, -0.2) is 45.8 Å². The van der Waals surface area contributed by atoms with E-state index >= 15 is 0 Å². The SMILES string of the molecule is CCC(C=O)OCCOCCNC. The molecule has 0 aromatic rings. The zero-order valence-electron chi connectivity index (χ0n) is 8.41. The Hall–Kier alpha value is -0.450. The van der Waals surface area contributed by atoms with Crippen LogP contribution < -0.4 is 5.32 Å². The van der Waals surface area contributed by atoms with E-state index in [4.69, 9.17) is 9.47 Å². The van der Waals surface area contributed by atoms with E-state index in [0.29, 0.717) is 19.8 Å². The Kier molecular flexibility index (Phi) is 9.30. The van der Waals surface area contributed by atoms with Crippen molar-refractivity contribution in [1.29, 1.82) is 0 Å². The number of nitrogens with one attached hydrogen (secondary N) is 1. The molecule has 0 amide bonds. The van der Waals surface area contributed by atoms with E-state index in [1.54, 1.807) is 0 Å². The van der Waals surface area contributed by atoms with Gasteiger partial charge in [-0.3, -0.25) is 0 Å². The van der Waals surface area contributed by atoms with Gasteiger partial charge < -0.3 is 19.6 Å². The van der Waals surface area contributed by atoms with Gasteiger partial charge in [0.15, 0.2) is 0 Å². The quantitative estimate of drug-likeness (QED) is 0.416. The normalized spacial score (nSPS) is 12.8. The van der Waals surface area contributed by atoms with Crippen molar-refractivity contribution in [3.05, 3.63) is 0 Å². The zero-order valence-corrected chi connectivity index (χ0v) is 8.41. The maximum absolute atomic E-state index is 10.3. The highest BCUT2D eigenvalue weighted by molar-refractivity contribution is 5.55. The summed E-state index contributed by atoms with van der Waals surface area (Å²) in [4.78, 5) is 10.3. The smallest absolute Gasteiger partial charge is 0.148 e. The van der Waals surface area contributed by atoms with Crippen molar-refractivity contribution in [1.82, 2.24) is 5.32 Å². The first-order valence-electron chi connectivity index (χ1n) is 4.64. The van der Waals surface area contributed by atoms with E-state index in [2.05, 4.69) is 5.32 Å². The summed E-state index contributed by atoms with van der Waals surface area (Å²) in [7, 11) is 1.87. The molecular formula is C9H19NO3. The summed E-state index contributed by atoms with van der Waals surface area (Å²) in [5.41, 5.74) is 0. The highest BCUT2D eigenvalue weighted by Gasteiger charge is 2.02. The summed E-state index contributed by atoms with van der Waals surface area (Å²) >= 11 is 0. The van der Waals surface area contributed by atoms with E-state index in [0.717, 1.165) is 19.3 Å². The van der Waals surface area contributed by atoms with Crippen LogP contribution in [-0.2, 0) is 14.3 Å². The maximum atomic E-state index is 10.3. The first kappa shape index (κ1) is 12.6. The van der Waals surface area contributed by atoms with Gasteiger partial charge in [0.25, 0.3) is 0 Å². The number of rotatable bonds is 9. The van der Waals surface area contributed by atoms with Gasteiger partial charge >= 0.3 is 0 Å². The van der Waals surface area contributed by atoms with E-state index in [-0.39, 0.29) is 6.10 Å². The topological polar surface area (TPSA) is 47.6 Å². The number of hydrogen-bond acceptors (Lipinski definition) is 4. The Morgan fingerprint density at radius 2 is 2.15 bits per heavy atom. The van der Waals surface area contributed by atoms with Crippen molar-refractivity contribution in [2.45, 2.75) is 19.4 Å². The molecule has 0 aromatic carbocycles. The van der Waals surface area contributed by atoms with Gasteiger partial charge in [-0.2, -0.15) is 0 Å². The number of carbonyl (C=O) groups is 1. The van der Waals surface area contributed by atoms with Crippen LogP contribution in [0.2, 0.25) is 0 Å². The fourth-order valence-electron chi connectivity index (χ4n) is 0.788. The van der Waals surface area contributed by atoms with Gasteiger partial charge in [0, 0.05) is 6.54 Å². The molecule has 4 nitrogen and oxygen atoms in total. The standard InChI is InChI=1S/C9H19NO3/c1-3-9(8-11)13-7-6-12-5-4-10-2/h8-10H,3-7H2,1-2H3. The van der Waals surface area contributed by atoms with E-state index in [1.807, 2.05) is 14.0 Å². The fourth-order valence-corrected chi connectivity index (χ4v) is 0.788. The van der Waals surface area contributed by atoms with Crippen LogP contribution in [0.1, 0.15) is 13.3 Å². The first-order valence-corrected chi connectivity index (χ1v) is 4.64. The lowest BCUT2D eigenvalue weighted by atomic mass is 10.3. The van der Waals surface area contributed by atoms with Crippen molar-refractivity contribution in [3.63, 3.8) is 0 Å². The molecule has 0 saturated heterocycles. The molecule has 13 heavy (non-hydrogen) atoms.